The average Bonchev–Trinajstić information content (AvgIpc) is 2.57. The number of methoxy groups -OCH3 is 2. The Morgan fingerprint density at radius 2 is 1.88 bits per heavy atom. The summed E-state index contributed by atoms with van der Waals surface area (Å²) in [5, 5.41) is 5.63. The number of aryl methyl sites for hydroxylation is 1. The second-order valence-electron chi connectivity index (χ2n) is 4.74. The summed E-state index contributed by atoms with van der Waals surface area (Å²) in [6.07, 6.45) is 0. The first-order valence-corrected chi connectivity index (χ1v) is 8.12. The van der Waals surface area contributed by atoms with Gasteiger partial charge in [0.05, 0.1) is 19.9 Å². The van der Waals surface area contributed by atoms with Crippen LogP contribution in [0.2, 0.25) is 0 Å². The lowest BCUT2D eigenvalue weighted by atomic mass is 10.2. The molecule has 2 N–H and O–H groups in total. The van der Waals surface area contributed by atoms with E-state index in [2.05, 4.69) is 31.5 Å². The fourth-order valence-corrected chi connectivity index (χ4v) is 2.33. The molecule has 0 unspecified atom stereocenters. The highest BCUT2D eigenvalue weighted by Gasteiger charge is 2.12. The minimum atomic E-state index is -0.359. The summed E-state index contributed by atoms with van der Waals surface area (Å²) < 4.78 is 11.2. The van der Waals surface area contributed by atoms with E-state index in [1.54, 1.807) is 24.3 Å². The van der Waals surface area contributed by atoms with Gasteiger partial charge in [-0.05, 0) is 65.4 Å². The molecule has 1 aromatic heterocycles. The van der Waals surface area contributed by atoms with Crippen LogP contribution in [0.15, 0.2) is 34.8 Å². The number of pyridine rings is 1. The van der Waals surface area contributed by atoms with Gasteiger partial charge in [-0.15, -0.1) is 0 Å². The van der Waals surface area contributed by atoms with Crippen molar-refractivity contribution in [1.29, 1.82) is 0 Å². The summed E-state index contributed by atoms with van der Waals surface area (Å²) in [5.74, 6) is 1.20. The molecule has 2 rings (SSSR count). The predicted octanol–water partition coefficient (Wildman–Crippen LogP) is 3.30. The molecule has 0 radical (unpaired) electrons. The summed E-state index contributed by atoms with van der Waals surface area (Å²) in [4.78, 5) is 16.6. The average molecular weight is 410 g/mol. The Hall–Kier alpha value is -2.19. The van der Waals surface area contributed by atoms with Gasteiger partial charge >= 0.3 is 0 Å². The molecule has 0 aliphatic rings. The van der Waals surface area contributed by atoms with E-state index >= 15 is 0 Å². The SMILES string of the molecule is COc1ccc(C(=O)NC(=S)Nc2ccc(Br)c(C)n2)cc1OC. The molecule has 126 valence electrons. The van der Waals surface area contributed by atoms with E-state index in [-0.39, 0.29) is 11.0 Å². The van der Waals surface area contributed by atoms with Gasteiger partial charge in [-0.2, -0.15) is 0 Å². The monoisotopic (exact) mass is 409 g/mol. The first kappa shape index (κ1) is 18.2. The van der Waals surface area contributed by atoms with Crippen LogP contribution in [0, 0.1) is 6.92 Å². The highest BCUT2D eigenvalue weighted by atomic mass is 79.9. The van der Waals surface area contributed by atoms with Crippen molar-refractivity contribution in [3.8, 4) is 11.5 Å². The Labute approximate surface area is 153 Å². The normalized spacial score (nSPS) is 10.0. The zero-order valence-electron chi connectivity index (χ0n) is 13.3. The number of thiocarbonyl (C=S) groups is 1. The molecule has 0 saturated heterocycles. The number of anilines is 1. The Morgan fingerprint density at radius 3 is 2.50 bits per heavy atom. The lowest BCUT2D eigenvalue weighted by Crippen LogP contribution is -2.34. The van der Waals surface area contributed by atoms with Crippen LogP contribution in [0.4, 0.5) is 5.82 Å². The van der Waals surface area contributed by atoms with E-state index < -0.39 is 0 Å². The molecule has 0 spiro atoms. The smallest absolute Gasteiger partial charge is 0.257 e. The van der Waals surface area contributed by atoms with E-state index in [9.17, 15) is 4.79 Å². The summed E-state index contributed by atoms with van der Waals surface area (Å²) in [5.41, 5.74) is 1.21. The van der Waals surface area contributed by atoms with E-state index in [1.165, 1.54) is 14.2 Å². The number of halogens is 1. The molecule has 0 saturated carbocycles. The first-order valence-electron chi connectivity index (χ1n) is 6.92. The highest BCUT2D eigenvalue weighted by molar-refractivity contribution is 9.10. The largest absolute Gasteiger partial charge is 0.493 e. The van der Waals surface area contributed by atoms with Gasteiger partial charge in [0.15, 0.2) is 16.6 Å². The van der Waals surface area contributed by atoms with Crippen molar-refractivity contribution in [3.05, 3.63) is 46.1 Å². The summed E-state index contributed by atoms with van der Waals surface area (Å²) in [6, 6.07) is 8.47. The number of carbonyl (C=O) groups excluding carboxylic acids is 1. The zero-order chi connectivity index (χ0) is 17.7. The zero-order valence-corrected chi connectivity index (χ0v) is 15.7. The Kier molecular flexibility index (Phi) is 6.10. The fraction of sp³-hybridized carbons (Fsp3) is 0.188. The quantitative estimate of drug-likeness (QED) is 0.754. The highest BCUT2D eigenvalue weighted by Crippen LogP contribution is 2.27. The molecule has 0 fully saturated rings. The van der Waals surface area contributed by atoms with Gasteiger partial charge in [0.1, 0.15) is 5.82 Å². The molecule has 8 heteroatoms. The number of hydrogen-bond donors (Lipinski definition) is 2. The summed E-state index contributed by atoms with van der Waals surface area (Å²) >= 11 is 8.52. The number of carbonyl (C=O) groups is 1. The number of hydrogen-bond acceptors (Lipinski definition) is 5. The van der Waals surface area contributed by atoms with Crippen LogP contribution < -0.4 is 20.1 Å². The van der Waals surface area contributed by atoms with Gasteiger partial charge < -0.3 is 14.8 Å². The third-order valence-corrected chi connectivity index (χ3v) is 4.18. The maximum Gasteiger partial charge on any atom is 0.257 e. The van der Waals surface area contributed by atoms with Crippen LogP contribution in [0.25, 0.3) is 0 Å². The van der Waals surface area contributed by atoms with Crippen molar-refractivity contribution in [3.63, 3.8) is 0 Å². The van der Waals surface area contributed by atoms with Crippen LogP contribution in [0.1, 0.15) is 16.1 Å². The number of benzene rings is 1. The predicted molar refractivity (Wildman–Crippen MR) is 99.9 cm³/mol. The number of ether oxygens (including phenoxy) is 2. The maximum atomic E-state index is 12.3. The van der Waals surface area contributed by atoms with Crippen LogP contribution in [0.5, 0.6) is 11.5 Å². The molecule has 0 atom stereocenters. The van der Waals surface area contributed by atoms with Crippen molar-refractivity contribution in [1.82, 2.24) is 10.3 Å². The van der Waals surface area contributed by atoms with Crippen LogP contribution in [-0.4, -0.2) is 30.2 Å². The van der Waals surface area contributed by atoms with Crippen molar-refractivity contribution in [2.24, 2.45) is 0 Å². The molecule has 0 aliphatic heterocycles. The van der Waals surface area contributed by atoms with E-state index in [0.717, 1.165) is 10.2 Å². The second kappa shape index (κ2) is 8.07. The Balaban J connectivity index is 2.05. The molecule has 1 amide bonds. The number of nitrogens with zero attached hydrogens (tertiary/aromatic N) is 1. The van der Waals surface area contributed by atoms with E-state index in [1.807, 2.05) is 13.0 Å². The lowest BCUT2D eigenvalue weighted by Gasteiger charge is -2.11. The van der Waals surface area contributed by atoms with Crippen LogP contribution >= 0.6 is 28.1 Å². The number of nitrogens with one attached hydrogen (secondary N) is 2. The van der Waals surface area contributed by atoms with Gasteiger partial charge in [-0.1, -0.05) is 0 Å². The molecule has 2 aromatic rings. The fourth-order valence-electron chi connectivity index (χ4n) is 1.91. The van der Waals surface area contributed by atoms with Gasteiger partial charge in [0.25, 0.3) is 5.91 Å². The number of amides is 1. The van der Waals surface area contributed by atoms with Gasteiger partial charge in [0.2, 0.25) is 0 Å². The molecule has 24 heavy (non-hydrogen) atoms. The Bertz CT molecular complexity index is 783. The van der Waals surface area contributed by atoms with Gasteiger partial charge in [0, 0.05) is 10.0 Å². The first-order chi connectivity index (χ1) is 11.4. The van der Waals surface area contributed by atoms with Gasteiger partial charge in [-0.3, -0.25) is 10.1 Å². The molecule has 0 aliphatic carbocycles. The maximum absolute atomic E-state index is 12.3. The molecular formula is C16H16BrN3O3S. The molecular weight excluding hydrogens is 394 g/mol. The topological polar surface area (TPSA) is 72.5 Å². The minimum Gasteiger partial charge on any atom is -0.493 e. The Morgan fingerprint density at radius 1 is 1.17 bits per heavy atom. The van der Waals surface area contributed by atoms with Crippen molar-refractivity contribution >= 4 is 45.0 Å². The van der Waals surface area contributed by atoms with E-state index in [4.69, 9.17) is 21.7 Å². The van der Waals surface area contributed by atoms with Crippen LogP contribution in [0.3, 0.4) is 0 Å². The standard InChI is InChI=1S/C16H16BrN3O3S/c1-9-11(17)5-7-14(18-9)19-16(24)20-15(21)10-4-6-12(22-2)13(8-10)23-3/h4-8H,1-3H3,(H2,18,19,20,21,24). The summed E-state index contributed by atoms with van der Waals surface area (Å²) in [7, 11) is 3.04. The van der Waals surface area contributed by atoms with Crippen LogP contribution in [-0.2, 0) is 0 Å². The van der Waals surface area contributed by atoms with Crippen molar-refractivity contribution < 1.29 is 14.3 Å². The molecule has 1 heterocycles. The molecule has 1 aromatic carbocycles. The summed E-state index contributed by atoms with van der Waals surface area (Å²) in [6.45, 7) is 1.86. The van der Waals surface area contributed by atoms with E-state index in [0.29, 0.717) is 22.9 Å². The molecule has 0 bridgehead atoms. The molecule has 6 nitrogen and oxygen atoms in total. The van der Waals surface area contributed by atoms with Crippen molar-refractivity contribution in [2.75, 3.05) is 19.5 Å². The second-order valence-corrected chi connectivity index (χ2v) is 6.00. The lowest BCUT2D eigenvalue weighted by molar-refractivity contribution is 0.0977. The minimum absolute atomic E-state index is 0.156. The van der Waals surface area contributed by atoms with Crippen molar-refractivity contribution in [2.45, 2.75) is 6.92 Å². The number of rotatable bonds is 4. The third-order valence-electron chi connectivity index (χ3n) is 3.14. The third kappa shape index (κ3) is 4.42. The van der Waals surface area contributed by atoms with Gasteiger partial charge in [-0.25, -0.2) is 4.98 Å². The number of aromatic nitrogens is 1.